The Bertz CT molecular complexity index is 527. The van der Waals surface area contributed by atoms with Gasteiger partial charge < -0.3 is 5.32 Å². The third-order valence-corrected chi connectivity index (χ3v) is 9.73. The molecule has 1 N–H and O–H groups in total. The van der Waals surface area contributed by atoms with Crippen LogP contribution in [-0.2, 0) is 0 Å². The van der Waals surface area contributed by atoms with Gasteiger partial charge in [0.1, 0.15) is 6.67 Å². The highest BCUT2D eigenvalue weighted by atomic mass is 19.1. The Morgan fingerprint density at radius 3 is 2.04 bits per heavy atom. The van der Waals surface area contributed by atoms with Gasteiger partial charge in [-0.1, -0.05) is 34.6 Å². The van der Waals surface area contributed by atoms with E-state index >= 15 is 0 Å². The Labute approximate surface area is 167 Å². The van der Waals surface area contributed by atoms with Crippen LogP contribution < -0.4 is 5.32 Å². The Morgan fingerprint density at radius 2 is 1.52 bits per heavy atom. The van der Waals surface area contributed by atoms with Crippen LogP contribution >= 0.6 is 0 Å². The lowest BCUT2D eigenvalue weighted by molar-refractivity contribution is -0.198. The first kappa shape index (κ1) is 20.2. The highest BCUT2D eigenvalue weighted by molar-refractivity contribution is 5.13. The summed E-state index contributed by atoms with van der Waals surface area (Å²) in [5, 5.41) is 3.41. The van der Waals surface area contributed by atoms with Gasteiger partial charge in [0.05, 0.1) is 0 Å². The van der Waals surface area contributed by atoms with Crippen LogP contribution in [0.3, 0.4) is 0 Å². The Hall–Kier alpha value is -0.110. The Kier molecular flexibility index (Phi) is 5.01. The molecule has 0 amide bonds. The summed E-state index contributed by atoms with van der Waals surface area (Å²) in [6.07, 6.45) is 14.0. The minimum atomic E-state index is -0.232. The molecule has 5 aliphatic rings. The molecule has 0 radical (unpaired) electrons. The van der Waals surface area contributed by atoms with Gasteiger partial charge in [0.25, 0.3) is 0 Å². The van der Waals surface area contributed by atoms with Crippen molar-refractivity contribution in [2.24, 2.45) is 39.4 Å². The highest BCUT2D eigenvalue weighted by Gasteiger charge is 2.64. The van der Waals surface area contributed by atoms with Gasteiger partial charge in [-0.15, -0.1) is 0 Å². The van der Waals surface area contributed by atoms with Crippen LogP contribution in [0.25, 0.3) is 0 Å². The minimum absolute atomic E-state index is 0.232. The lowest BCUT2D eigenvalue weighted by Gasteiger charge is -2.70. The molecule has 0 aromatic rings. The molecule has 2 unspecified atom stereocenters. The van der Waals surface area contributed by atoms with Crippen molar-refractivity contribution in [2.45, 2.75) is 105 Å². The largest absolute Gasteiger partial charge is 0.311 e. The topological polar surface area (TPSA) is 12.0 Å². The maximum Gasteiger partial charge on any atom is 0.102 e. The average Bonchev–Trinajstić information content (AvgIpc) is 2.55. The second-order valence-electron chi connectivity index (χ2n) is 12.9. The molecule has 2 atom stereocenters. The van der Waals surface area contributed by atoms with E-state index in [1.807, 2.05) is 0 Å². The zero-order valence-electron chi connectivity index (χ0n) is 18.7. The van der Waals surface area contributed by atoms with Gasteiger partial charge in [-0.2, -0.15) is 0 Å². The lowest BCUT2D eigenvalue weighted by Crippen LogP contribution is -2.60. The molecule has 0 spiro atoms. The first-order valence-electron chi connectivity index (χ1n) is 11.9. The van der Waals surface area contributed by atoms with E-state index in [0.717, 1.165) is 17.8 Å². The Balaban J connectivity index is 1.44. The van der Waals surface area contributed by atoms with Crippen LogP contribution in [0, 0.1) is 39.4 Å². The molecule has 5 saturated carbocycles. The quantitative estimate of drug-likeness (QED) is 0.539. The fourth-order valence-corrected chi connectivity index (χ4v) is 9.43. The van der Waals surface area contributed by atoms with Gasteiger partial charge in [0.2, 0.25) is 0 Å². The second-order valence-corrected chi connectivity index (χ2v) is 12.9. The van der Waals surface area contributed by atoms with Gasteiger partial charge in [0.15, 0.2) is 0 Å². The number of rotatable bonds is 6. The van der Waals surface area contributed by atoms with Crippen molar-refractivity contribution in [3.05, 3.63) is 0 Å². The van der Waals surface area contributed by atoms with E-state index in [0.29, 0.717) is 34.2 Å². The molecule has 1 nitrogen and oxygen atoms in total. The highest BCUT2D eigenvalue weighted by Crippen LogP contribution is 2.73. The smallest absolute Gasteiger partial charge is 0.102 e. The minimum Gasteiger partial charge on any atom is -0.311 e. The first-order chi connectivity index (χ1) is 12.6. The van der Waals surface area contributed by atoms with Gasteiger partial charge in [-0.25, -0.2) is 4.39 Å². The van der Waals surface area contributed by atoms with E-state index < -0.39 is 0 Å². The normalized spacial score (nSPS) is 49.6. The van der Waals surface area contributed by atoms with Crippen LogP contribution in [-0.4, -0.2) is 19.3 Å². The van der Waals surface area contributed by atoms with Crippen molar-refractivity contribution in [1.29, 1.82) is 0 Å². The standard InChI is InChI=1S/C25H44FN/c1-22(2,19-6-8-20(9-7-19)27-11-10-26)15-21-24(4)13-18-12-23(3,16-24)17-25(21,5)14-18/h18-21,27H,6-17H2,1-5H3. The molecule has 0 aliphatic heterocycles. The zero-order chi connectivity index (χ0) is 19.5. The molecule has 4 bridgehead atoms. The van der Waals surface area contributed by atoms with Crippen molar-refractivity contribution >= 4 is 0 Å². The average molecular weight is 378 g/mol. The molecule has 5 fully saturated rings. The summed E-state index contributed by atoms with van der Waals surface area (Å²) in [4.78, 5) is 0. The molecule has 0 aromatic heterocycles. The summed E-state index contributed by atoms with van der Waals surface area (Å²) in [5.74, 6) is 2.76. The van der Waals surface area contributed by atoms with Crippen LogP contribution in [0.5, 0.6) is 0 Å². The van der Waals surface area contributed by atoms with Crippen LogP contribution in [0.2, 0.25) is 0 Å². The predicted octanol–water partition coefficient (Wildman–Crippen LogP) is 6.76. The number of halogens is 1. The maximum atomic E-state index is 12.5. The van der Waals surface area contributed by atoms with Crippen LogP contribution in [0.1, 0.15) is 98.8 Å². The van der Waals surface area contributed by atoms with Gasteiger partial charge >= 0.3 is 0 Å². The number of hydrogen-bond acceptors (Lipinski definition) is 1. The van der Waals surface area contributed by atoms with Gasteiger partial charge in [-0.3, -0.25) is 0 Å². The monoisotopic (exact) mass is 377 g/mol. The molecule has 0 saturated heterocycles. The van der Waals surface area contributed by atoms with E-state index in [2.05, 4.69) is 39.9 Å². The third kappa shape index (κ3) is 3.62. The van der Waals surface area contributed by atoms with E-state index in [1.54, 1.807) is 0 Å². The lowest BCUT2D eigenvalue weighted by atomic mass is 9.35. The van der Waals surface area contributed by atoms with Gasteiger partial charge in [0, 0.05) is 12.6 Å². The fraction of sp³-hybridized carbons (Fsp3) is 1.00. The van der Waals surface area contributed by atoms with E-state index in [-0.39, 0.29) is 6.67 Å². The van der Waals surface area contributed by atoms with Crippen molar-refractivity contribution in [2.75, 3.05) is 13.2 Å². The molecular formula is C25H44FN. The summed E-state index contributed by atoms with van der Waals surface area (Å²) in [5.41, 5.74) is 2.24. The molecule has 156 valence electrons. The molecule has 0 aromatic carbocycles. The molecule has 0 heterocycles. The summed E-state index contributed by atoms with van der Waals surface area (Å²) >= 11 is 0. The summed E-state index contributed by atoms with van der Waals surface area (Å²) in [6.45, 7) is 13.4. The van der Waals surface area contributed by atoms with Gasteiger partial charge in [-0.05, 0) is 104 Å². The molecule has 2 heteroatoms. The van der Waals surface area contributed by atoms with Crippen molar-refractivity contribution in [3.8, 4) is 0 Å². The van der Waals surface area contributed by atoms with Crippen LogP contribution in [0.4, 0.5) is 4.39 Å². The number of alkyl halides is 1. The van der Waals surface area contributed by atoms with E-state index in [4.69, 9.17) is 0 Å². The first-order valence-corrected chi connectivity index (χ1v) is 11.9. The maximum absolute atomic E-state index is 12.5. The molecule has 5 rings (SSSR count). The van der Waals surface area contributed by atoms with Crippen molar-refractivity contribution in [1.82, 2.24) is 5.32 Å². The summed E-state index contributed by atoms with van der Waals surface area (Å²) < 4.78 is 12.5. The van der Waals surface area contributed by atoms with Crippen molar-refractivity contribution < 1.29 is 4.39 Å². The van der Waals surface area contributed by atoms with Crippen LogP contribution in [0.15, 0.2) is 0 Å². The van der Waals surface area contributed by atoms with E-state index in [1.165, 1.54) is 64.2 Å². The molecule has 5 aliphatic carbocycles. The van der Waals surface area contributed by atoms with E-state index in [9.17, 15) is 4.39 Å². The zero-order valence-corrected chi connectivity index (χ0v) is 18.7. The predicted molar refractivity (Wildman–Crippen MR) is 113 cm³/mol. The molecule has 27 heavy (non-hydrogen) atoms. The second kappa shape index (κ2) is 6.71. The molecular weight excluding hydrogens is 333 g/mol. The summed E-state index contributed by atoms with van der Waals surface area (Å²) in [6, 6.07) is 0.559. The fourth-order valence-electron chi connectivity index (χ4n) is 9.43. The number of hydrogen-bond donors (Lipinski definition) is 1. The Morgan fingerprint density at radius 1 is 0.926 bits per heavy atom. The van der Waals surface area contributed by atoms with Crippen molar-refractivity contribution in [3.63, 3.8) is 0 Å². The SMILES string of the molecule is CC12CC3CC(C)(C1)C(CC(C)(C)C1CCC(NCCF)CC1)C(C)(C3)C2. The summed E-state index contributed by atoms with van der Waals surface area (Å²) in [7, 11) is 0. The third-order valence-electron chi connectivity index (χ3n) is 9.73. The number of nitrogens with one attached hydrogen (secondary N) is 1.